The Morgan fingerprint density at radius 3 is 2.53 bits per heavy atom. The SMILES string of the molecule is C=CCOC12Oc3ccc(OC(=O)NCC)cc3C3C(CCCCO)C(CCCCO)C=C(C(=NOC)CC1N(CCC)C(=O)CCC1CCCC1)C32. The Morgan fingerprint density at radius 1 is 1.09 bits per heavy atom. The molecule has 1 heterocycles. The Hall–Kier alpha value is -3.41. The molecule has 2 saturated carbocycles. The number of rotatable bonds is 20. The van der Waals surface area contributed by atoms with Crippen LogP contribution in [0, 0.1) is 23.7 Å². The van der Waals surface area contributed by atoms with E-state index in [0.29, 0.717) is 56.2 Å². The first-order chi connectivity index (χ1) is 25.8. The lowest BCUT2D eigenvalue weighted by Gasteiger charge is -2.60. The Kier molecular flexibility index (Phi) is 15.2. The number of carbonyl (C=O) groups is 2. The zero-order valence-electron chi connectivity index (χ0n) is 32.2. The van der Waals surface area contributed by atoms with Gasteiger partial charge < -0.3 is 39.5 Å². The number of benzene rings is 1. The fourth-order valence-corrected chi connectivity index (χ4v) is 9.57. The standard InChI is InChI=1S/C42H63N3O8/c1-5-22-45(38(48)21-18-29-14-8-9-15-29)37-28-35(44-50-4)33-26-30(16-10-12-23-46)32(17-11-13-24-47)39-34-27-31(52-41(49)43-7-3)19-20-36(34)53-42(37,40(33)39)51-25-6-2/h6,19-20,26-27,29-30,32,37,39-40,46-47H,2,5,7-18,21-25,28H2,1,3-4H3,(H,43,49). The molecule has 4 aliphatic rings. The summed E-state index contributed by atoms with van der Waals surface area (Å²) in [4.78, 5) is 34.6. The van der Waals surface area contributed by atoms with Gasteiger partial charge >= 0.3 is 6.09 Å². The minimum atomic E-state index is -1.28. The molecule has 6 unspecified atom stereocenters. The first kappa shape index (κ1) is 40.8. The molecule has 2 amide bonds. The molecule has 53 heavy (non-hydrogen) atoms. The van der Waals surface area contributed by atoms with E-state index in [2.05, 4.69) is 30.1 Å². The van der Waals surface area contributed by atoms with Crippen LogP contribution in [0.1, 0.15) is 115 Å². The number of hydrogen-bond donors (Lipinski definition) is 3. The Balaban J connectivity index is 1.71. The number of carbonyl (C=O) groups excluding carboxylic acids is 2. The van der Waals surface area contributed by atoms with Crippen LogP contribution in [0.25, 0.3) is 0 Å². The maximum absolute atomic E-state index is 14.5. The quantitative estimate of drug-likeness (QED) is 0.0722. The van der Waals surface area contributed by atoms with Crippen LogP contribution in [-0.2, 0) is 14.4 Å². The van der Waals surface area contributed by atoms with Crippen molar-refractivity contribution < 1.29 is 38.9 Å². The first-order valence-electron chi connectivity index (χ1n) is 20.2. The third kappa shape index (κ3) is 9.28. The molecule has 5 rings (SSSR count). The molecule has 0 bridgehead atoms. The summed E-state index contributed by atoms with van der Waals surface area (Å²) in [5.74, 6) is 0.0752. The molecule has 0 radical (unpaired) electrons. The van der Waals surface area contributed by atoms with Gasteiger partial charge in [0, 0.05) is 50.6 Å². The summed E-state index contributed by atoms with van der Waals surface area (Å²) in [6.07, 6.45) is 15.6. The van der Waals surface area contributed by atoms with Gasteiger partial charge in [0.2, 0.25) is 11.7 Å². The van der Waals surface area contributed by atoms with Crippen LogP contribution in [0.15, 0.2) is 47.7 Å². The largest absolute Gasteiger partial charge is 0.459 e. The maximum atomic E-state index is 14.5. The van der Waals surface area contributed by atoms with E-state index in [9.17, 15) is 19.8 Å². The van der Waals surface area contributed by atoms with E-state index in [0.717, 1.165) is 55.4 Å². The molecule has 3 aliphatic carbocycles. The van der Waals surface area contributed by atoms with Gasteiger partial charge in [-0.15, -0.1) is 6.58 Å². The highest BCUT2D eigenvalue weighted by atomic mass is 16.7. The van der Waals surface area contributed by atoms with Crippen LogP contribution in [0.2, 0.25) is 0 Å². The number of nitrogens with one attached hydrogen (secondary N) is 1. The van der Waals surface area contributed by atoms with Crippen molar-refractivity contribution >= 4 is 17.7 Å². The minimum absolute atomic E-state index is 0.0864. The third-order valence-electron chi connectivity index (χ3n) is 11.8. The van der Waals surface area contributed by atoms with E-state index < -0.39 is 23.8 Å². The van der Waals surface area contributed by atoms with E-state index >= 15 is 0 Å². The van der Waals surface area contributed by atoms with E-state index in [4.69, 9.17) is 19.0 Å². The number of hydrogen-bond acceptors (Lipinski definition) is 9. The van der Waals surface area contributed by atoms with Crippen molar-refractivity contribution in [2.75, 3.05) is 40.0 Å². The smallest absolute Gasteiger partial charge is 0.412 e. The summed E-state index contributed by atoms with van der Waals surface area (Å²) in [5, 5.41) is 27.0. The number of aliphatic hydroxyl groups is 2. The molecular formula is C42H63N3O8. The van der Waals surface area contributed by atoms with Gasteiger partial charge in [-0.2, -0.15) is 0 Å². The molecule has 2 fully saturated rings. The summed E-state index contributed by atoms with van der Waals surface area (Å²) >= 11 is 0. The predicted molar refractivity (Wildman–Crippen MR) is 205 cm³/mol. The molecule has 11 heteroatoms. The van der Waals surface area contributed by atoms with Crippen LogP contribution in [0.4, 0.5) is 4.79 Å². The first-order valence-corrected chi connectivity index (χ1v) is 20.2. The van der Waals surface area contributed by atoms with Crippen molar-refractivity contribution in [2.24, 2.45) is 28.8 Å². The number of oxime groups is 1. The van der Waals surface area contributed by atoms with Crippen molar-refractivity contribution in [1.29, 1.82) is 0 Å². The average Bonchev–Trinajstić information content (AvgIpc) is 3.68. The Morgan fingerprint density at radius 2 is 1.85 bits per heavy atom. The van der Waals surface area contributed by atoms with Gasteiger partial charge in [-0.25, -0.2) is 4.79 Å². The molecule has 1 aliphatic heterocycles. The second kappa shape index (κ2) is 19.8. The average molecular weight is 738 g/mol. The van der Waals surface area contributed by atoms with Gasteiger partial charge in [0.05, 0.1) is 18.2 Å². The number of ether oxygens (including phenoxy) is 3. The zero-order chi connectivity index (χ0) is 37.8. The fourth-order valence-electron chi connectivity index (χ4n) is 9.57. The maximum Gasteiger partial charge on any atom is 0.412 e. The number of aliphatic hydroxyl groups excluding tert-OH is 2. The minimum Gasteiger partial charge on any atom is -0.459 e. The molecule has 3 N–H and O–H groups in total. The normalized spacial score (nSPS) is 26.9. The number of fused-ring (bicyclic) bond motifs is 2. The molecule has 0 spiro atoms. The molecule has 0 saturated heterocycles. The molecule has 1 aromatic carbocycles. The van der Waals surface area contributed by atoms with Crippen molar-refractivity contribution in [3.8, 4) is 11.5 Å². The van der Waals surface area contributed by atoms with Crippen LogP contribution in [0.3, 0.4) is 0 Å². The highest BCUT2D eigenvalue weighted by Crippen LogP contribution is 2.62. The zero-order valence-corrected chi connectivity index (χ0v) is 32.2. The summed E-state index contributed by atoms with van der Waals surface area (Å²) < 4.78 is 20.0. The van der Waals surface area contributed by atoms with Crippen LogP contribution in [-0.4, -0.2) is 84.7 Å². The summed E-state index contributed by atoms with van der Waals surface area (Å²) in [5.41, 5.74) is 2.67. The fraction of sp³-hybridized carbons (Fsp3) is 0.690. The molecule has 1 aromatic rings. The van der Waals surface area contributed by atoms with Gasteiger partial charge in [-0.05, 0) is 87.0 Å². The summed E-state index contributed by atoms with van der Waals surface area (Å²) in [6, 6.07) is 5.03. The van der Waals surface area contributed by atoms with E-state index in [-0.39, 0.29) is 43.5 Å². The van der Waals surface area contributed by atoms with Gasteiger partial charge in [0.15, 0.2) is 0 Å². The van der Waals surface area contributed by atoms with Crippen molar-refractivity contribution in [3.63, 3.8) is 0 Å². The van der Waals surface area contributed by atoms with E-state index in [1.165, 1.54) is 25.7 Å². The number of nitrogens with zero attached hydrogens (tertiary/aromatic N) is 2. The second-order valence-corrected chi connectivity index (χ2v) is 15.2. The van der Waals surface area contributed by atoms with Crippen LogP contribution in [0.5, 0.6) is 11.5 Å². The second-order valence-electron chi connectivity index (χ2n) is 15.2. The van der Waals surface area contributed by atoms with Crippen LogP contribution >= 0.6 is 0 Å². The molecule has 6 atom stereocenters. The van der Waals surface area contributed by atoms with Gasteiger partial charge in [0.25, 0.3) is 0 Å². The molecule has 294 valence electrons. The topological polar surface area (TPSA) is 139 Å². The Bertz CT molecular complexity index is 1440. The lowest BCUT2D eigenvalue weighted by atomic mass is 9.55. The number of amides is 2. The van der Waals surface area contributed by atoms with Crippen molar-refractivity contribution in [3.05, 3.63) is 48.1 Å². The third-order valence-corrected chi connectivity index (χ3v) is 11.8. The molecule has 0 aromatic heterocycles. The van der Waals surface area contributed by atoms with E-state index in [1.807, 2.05) is 24.0 Å². The monoisotopic (exact) mass is 737 g/mol. The van der Waals surface area contributed by atoms with Gasteiger partial charge in [-0.3, -0.25) is 4.79 Å². The highest BCUT2D eigenvalue weighted by Gasteiger charge is 2.65. The summed E-state index contributed by atoms with van der Waals surface area (Å²) in [7, 11) is 1.56. The molecule has 11 nitrogen and oxygen atoms in total. The van der Waals surface area contributed by atoms with Crippen molar-refractivity contribution in [2.45, 2.75) is 121 Å². The van der Waals surface area contributed by atoms with Gasteiger partial charge in [-0.1, -0.05) is 62.8 Å². The lowest BCUT2D eigenvalue weighted by molar-refractivity contribution is -0.257. The Labute approximate surface area is 316 Å². The number of allylic oxidation sites excluding steroid dienone is 1. The van der Waals surface area contributed by atoms with Crippen LogP contribution < -0.4 is 14.8 Å². The predicted octanol–water partition coefficient (Wildman–Crippen LogP) is 7.27. The lowest BCUT2D eigenvalue weighted by Crippen LogP contribution is -2.70. The number of unbranched alkanes of at least 4 members (excludes halogenated alkanes) is 2. The summed E-state index contributed by atoms with van der Waals surface area (Å²) in [6.45, 7) is 9.37. The van der Waals surface area contributed by atoms with E-state index in [1.54, 1.807) is 19.3 Å². The highest BCUT2D eigenvalue weighted by molar-refractivity contribution is 6.03. The van der Waals surface area contributed by atoms with Gasteiger partial charge in [0.1, 0.15) is 24.7 Å². The molecular weight excluding hydrogens is 674 g/mol. The van der Waals surface area contributed by atoms with Crippen molar-refractivity contribution in [1.82, 2.24) is 10.2 Å².